The number of ether oxygens (including phenoxy) is 1. The summed E-state index contributed by atoms with van der Waals surface area (Å²) >= 11 is 0. The SMILES string of the molecule is CNC1C(CN(C)C(C)C)C(C)(C)OC1(C)C. The van der Waals surface area contributed by atoms with Gasteiger partial charge >= 0.3 is 0 Å². The Kier molecular flexibility index (Phi) is 4.28. The first-order valence-corrected chi connectivity index (χ1v) is 6.69. The lowest BCUT2D eigenvalue weighted by Gasteiger charge is -2.34. The number of likely N-dealkylation sites (N-methyl/N-ethyl adjacent to an activating group) is 1. The van der Waals surface area contributed by atoms with Crippen LogP contribution in [0.4, 0.5) is 0 Å². The van der Waals surface area contributed by atoms with Gasteiger partial charge < -0.3 is 15.0 Å². The maximum Gasteiger partial charge on any atom is 0.0790 e. The van der Waals surface area contributed by atoms with Crippen molar-refractivity contribution < 1.29 is 4.74 Å². The summed E-state index contributed by atoms with van der Waals surface area (Å²) in [7, 11) is 4.23. The average Bonchev–Trinajstić information content (AvgIpc) is 2.31. The highest BCUT2D eigenvalue weighted by Crippen LogP contribution is 2.42. The predicted molar refractivity (Wildman–Crippen MR) is 73.3 cm³/mol. The summed E-state index contributed by atoms with van der Waals surface area (Å²) in [5.74, 6) is 0.509. The van der Waals surface area contributed by atoms with Crippen LogP contribution in [0.15, 0.2) is 0 Å². The van der Waals surface area contributed by atoms with Gasteiger partial charge in [-0.15, -0.1) is 0 Å². The minimum absolute atomic E-state index is 0.0691. The van der Waals surface area contributed by atoms with Crippen LogP contribution in [0.5, 0.6) is 0 Å². The maximum atomic E-state index is 6.24. The van der Waals surface area contributed by atoms with Crippen LogP contribution in [-0.2, 0) is 4.74 Å². The van der Waals surface area contributed by atoms with Gasteiger partial charge in [-0.1, -0.05) is 0 Å². The lowest BCUT2D eigenvalue weighted by atomic mass is 9.82. The largest absolute Gasteiger partial charge is 0.368 e. The van der Waals surface area contributed by atoms with E-state index in [9.17, 15) is 0 Å². The molecule has 1 aliphatic rings. The highest BCUT2D eigenvalue weighted by atomic mass is 16.5. The van der Waals surface area contributed by atoms with Gasteiger partial charge in [0, 0.05) is 24.5 Å². The number of hydrogen-bond acceptors (Lipinski definition) is 3. The Morgan fingerprint density at radius 2 is 1.71 bits per heavy atom. The smallest absolute Gasteiger partial charge is 0.0790 e. The van der Waals surface area contributed by atoms with Crippen molar-refractivity contribution in [3.63, 3.8) is 0 Å². The van der Waals surface area contributed by atoms with Crippen LogP contribution in [0.25, 0.3) is 0 Å². The third-order valence-corrected chi connectivity index (χ3v) is 4.25. The molecule has 0 aromatic carbocycles. The zero-order valence-corrected chi connectivity index (χ0v) is 12.8. The molecule has 3 nitrogen and oxygen atoms in total. The summed E-state index contributed by atoms with van der Waals surface area (Å²) in [5, 5.41) is 3.45. The Labute approximate surface area is 107 Å². The van der Waals surface area contributed by atoms with Gasteiger partial charge in [0.2, 0.25) is 0 Å². The van der Waals surface area contributed by atoms with Gasteiger partial charge in [-0.2, -0.15) is 0 Å². The first-order valence-electron chi connectivity index (χ1n) is 6.69. The van der Waals surface area contributed by atoms with E-state index in [-0.39, 0.29) is 11.2 Å². The second-order valence-corrected chi connectivity index (χ2v) is 6.72. The molecule has 3 heteroatoms. The molecule has 1 aliphatic heterocycles. The van der Waals surface area contributed by atoms with Crippen LogP contribution < -0.4 is 5.32 Å². The molecule has 0 bridgehead atoms. The molecule has 0 radical (unpaired) electrons. The highest BCUT2D eigenvalue weighted by Gasteiger charge is 2.53. The summed E-state index contributed by atoms with van der Waals surface area (Å²) in [6.07, 6.45) is 0. The van der Waals surface area contributed by atoms with E-state index in [1.807, 2.05) is 7.05 Å². The van der Waals surface area contributed by atoms with Crippen molar-refractivity contribution >= 4 is 0 Å². The Morgan fingerprint density at radius 1 is 1.18 bits per heavy atom. The topological polar surface area (TPSA) is 24.5 Å². The number of nitrogens with one attached hydrogen (secondary N) is 1. The van der Waals surface area contributed by atoms with Gasteiger partial charge in [-0.05, 0) is 55.6 Å². The standard InChI is InChI=1S/C14H30N2O/c1-10(2)16(8)9-11-12(15-7)14(5,6)17-13(11,3)4/h10-12,15H,9H2,1-8H3. The maximum absolute atomic E-state index is 6.24. The molecule has 0 spiro atoms. The molecule has 1 heterocycles. The van der Waals surface area contributed by atoms with Gasteiger partial charge in [0.1, 0.15) is 0 Å². The van der Waals surface area contributed by atoms with Crippen molar-refractivity contribution in [2.24, 2.45) is 5.92 Å². The molecule has 102 valence electrons. The highest BCUT2D eigenvalue weighted by molar-refractivity contribution is 5.05. The molecule has 0 amide bonds. The summed E-state index contributed by atoms with van der Waals surface area (Å²) in [6.45, 7) is 14.3. The van der Waals surface area contributed by atoms with Crippen molar-refractivity contribution in [2.45, 2.75) is 64.8 Å². The number of nitrogens with zero attached hydrogens (tertiary/aromatic N) is 1. The Morgan fingerprint density at radius 3 is 2.12 bits per heavy atom. The normalized spacial score (nSPS) is 31.4. The molecule has 17 heavy (non-hydrogen) atoms. The molecular formula is C14H30N2O. The van der Waals surface area contributed by atoms with E-state index < -0.39 is 0 Å². The van der Waals surface area contributed by atoms with Gasteiger partial charge in [-0.25, -0.2) is 0 Å². The van der Waals surface area contributed by atoms with Crippen LogP contribution >= 0.6 is 0 Å². The van der Waals surface area contributed by atoms with Crippen LogP contribution in [0.3, 0.4) is 0 Å². The fraction of sp³-hybridized carbons (Fsp3) is 1.00. The van der Waals surface area contributed by atoms with Gasteiger partial charge in [0.25, 0.3) is 0 Å². The summed E-state index contributed by atoms with van der Waals surface area (Å²) < 4.78 is 6.24. The van der Waals surface area contributed by atoms with E-state index in [4.69, 9.17) is 4.74 Å². The number of rotatable bonds is 4. The predicted octanol–water partition coefficient (Wildman–Crippen LogP) is 2.12. The average molecular weight is 242 g/mol. The fourth-order valence-corrected chi connectivity index (χ4v) is 3.10. The minimum atomic E-state index is -0.0965. The van der Waals surface area contributed by atoms with E-state index in [2.05, 4.69) is 58.8 Å². The van der Waals surface area contributed by atoms with Crippen molar-refractivity contribution in [3.05, 3.63) is 0 Å². The second-order valence-electron chi connectivity index (χ2n) is 6.72. The van der Waals surface area contributed by atoms with Crippen molar-refractivity contribution in [1.29, 1.82) is 0 Å². The lowest BCUT2D eigenvalue weighted by molar-refractivity contribution is -0.0794. The Bertz CT molecular complexity index is 261. The van der Waals surface area contributed by atoms with Crippen molar-refractivity contribution in [1.82, 2.24) is 10.2 Å². The molecule has 2 atom stereocenters. The van der Waals surface area contributed by atoms with Crippen LogP contribution in [-0.4, -0.2) is 48.8 Å². The monoisotopic (exact) mass is 242 g/mol. The Hall–Kier alpha value is -0.120. The van der Waals surface area contributed by atoms with E-state index in [1.165, 1.54) is 0 Å². The molecule has 0 saturated carbocycles. The van der Waals surface area contributed by atoms with Gasteiger partial charge in [0.05, 0.1) is 11.2 Å². The third-order valence-electron chi connectivity index (χ3n) is 4.25. The van der Waals surface area contributed by atoms with E-state index in [1.54, 1.807) is 0 Å². The third kappa shape index (κ3) is 3.01. The molecule has 1 rings (SSSR count). The van der Waals surface area contributed by atoms with E-state index in [0.717, 1.165) is 6.54 Å². The van der Waals surface area contributed by atoms with Gasteiger partial charge in [-0.3, -0.25) is 0 Å². The molecule has 2 unspecified atom stereocenters. The summed E-state index contributed by atoms with van der Waals surface area (Å²) in [6, 6.07) is 0.978. The zero-order chi connectivity index (χ0) is 13.4. The number of hydrogen-bond donors (Lipinski definition) is 1. The van der Waals surface area contributed by atoms with Crippen molar-refractivity contribution in [2.75, 3.05) is 20.6 Å². The minimum Gasteiger partial charge on any atom is -0.368 e. The Balaban J connectivity index is 2.87. The molecule has 1 saturated heterocycles. The molecule has 0 aromatic rings. The molecule has 0 aromatic heterocycles. The van der Waals surface area contributed by atoms with Gasteiger partial charge in [0.15, 0.2) is 0 Å². The lowest BCUT2D eigenvalue weighted by Crippen LogP contribution is -2.50. The zero-order valence-electron chi connectivity index (χ0n) is 12.8. The second kappa shape index (κ2) is 4.87. The first-order chi connectivity index (χ1) is 7.62. The molecular weight excluding hydrogens is 212 g/mol. The molecule has 0 aliphatic carbocycles. The van der Waals surface area contributed by atoms with E-state index >= 15 is 0 Å². The van der Waals surface area contributed by atoms with Crippen LogP contribution in [0, 0.1) is 5.92 Å². The summed E-state index contributed by atoms with van der Waals surface area (Å²) in [4.78, 5) is 2.40. The first kappa shape index (κ1) is 14.9. The van der Waals surface area contributed by atoms with Crippen molar-refractivity contribution in [3.8, 4) is 0 Å². The molecule has 1 N–H and O–H groups in total. The summed E-state index contributed by atoms with van der Waals surface area (Å²) in [5.41, 5.74) is -0.166. The van der Waals surface area contributed by atoms with E-state index in [0.29, 0.717) is 18.0 Å². The van der Waals surface area contributed by atoms with Crippen LogP contribution in [0.2, 0.25) is 0 Å². The quantitative estimate of drug-likeness (QED) is 0.817. The molecule has 1 fully saturated rings. The van der Waals surface area contributed by atoms with Crippen LogP contribution in [0.1, 0.15) is 41.5 Å². The fourth-order valence-electron chi connectivity index (χ4n) is 3.10.